The zero-order chi connectivity index (χ0) is 16.0. The minimum Gasteiger partial charge on any atom is -0.444 e. The van der Waals surface area contributed by atoms with Crippen LogP contribution in [0.3, 0.4) is 0 Å². The Morgan fingerprint density at radius 1 is 1.43 bits per heavy atom. The number of hydrogen-bond donors (Lipinski definition) is 2. The molecule has 0 saturated carbocycles. The van der Waals surface area contributed by atoms with E-state index in [1.54, 1.807) is 33.8 Å². The Balaban J connectivity index is 2.34. The molecule has 0 fully saturated rings. The monoisotopic (exact) mass is 333 g/mol. The molecule has 1 unspecified atom stereocenters. The molecule has 118 valence electrons. The van der Waals surface area contributed by atoms with Gasteiger partial charge >= 0.3 is 6.09 Å². The van der Waals surface area contributed by atoms with Crippen LogP contribution in [0.25, 0.3) is 0 Å². The molecular formula is C13H20ClN3O3S. The van der Waals surface area contributed by atoms with Crippen molar-refractivity contribution in [3.05, 3.63) is 23.0 Å². The fourth-order valence-corrected chi connectivity index (χ4v) is 2.33. The summed E-state index contributed by atoms with van der Waals surface area (Å²) in [6.07, 6.45) is 0.957. The summed E-state index contributed by atoms with van der Waals surface area (Å²) in [5, 5.41) is 2.96. The number of hydrogen-bond acceptors (Lipinski definition) is 4. The molecular weight excluding hydrogens is 314 g/mol. The van der Waals surface area contributed by atoms with E-state index in [0.717, 1.165) is 5.56 Å². The van der Waals surface area contributed by atoms with Crippen molar-refractivity contribution in [2.45, 2.75) is 38.2 Å². The van der Waals surface area contributed by atoms with Crippen molar-refractivity contribution < 1.29 is 13.7 Å². The molecule has 0 radical (unpaired) electrons. The first-order chi connectivity index (χ1) is 9.69. The van der Waals surface area contributed by atoms with E-state index in [1.807, 2.05) is 0 Å². The van der Waals surface area contributed by atoms with Gasteiger partial charge in [-0.05, 0) is 39.3 Å². The summed E-state index contributed by atoms with van der Waals surface area (Å²) < 4.78 is 19.8. The van der Waals surface area contributed by atoms with Gasteiger partial charge in [0.25, 0.3) is 0 Å². The molecule has 0 aliphatic rings. The Morgan fingerprint density at radius 3 is 2.67 bits per heavy atom. The molecule has 1 aromatic rings. The molecule has 1 aromatic heterocycles. The van der Waals surface area contributed by atoms with Crippen molar-refractivity contribution in [2.24, 2.45) is 0 Å². The highest BCUT2D eigenvalue weighted by Gasteiger charge is 2.15. The van der Waals surface area contributed by atoms with Gasteiger partial charge in [0.15, 0.2) is 0 Å². The number of amides is 1. The van der Waals surface area contributed by atoms with Crippen molar-refractivity contribution in [2.75, 3.05) is 13.1 Å². The molecule has 6 nitrogen and oxygen atoms in total. The van der Waals surface area contributed by atoms with E-state index in [0.29, 0.717) is 23.1 Å². The van der Waals surface area contributed by atoms with Gasteiger partial charge in [-0.1, -0.05) is 11.6 Å². The SMILES string of the molecule is Cc1cc(S(=O)NCCNC(=O)OC(C)(C)C)cnc1Cl. The second kappa shape index (κ2) is 7.72. The summed E-state index contributed by atoms with van der Waals surface area (Å²) in [6.45, 7) is 7.80. The molecule has 0 bridgehead atoms. The standard InChI is InChI=1S/C13H20ClN3O3S/c1-9-7-10(8-16-11(9)14)21(19)17-6-5-15-12(18)20-13(2,3)4/h7-8,17H,5-6H2,1-4H3,(H,15,18). The Kier molecular flexibility index (Phi) is 6.57. The van der Waals surface area contributed by atoms with E-state index in [2.05, 4.69) is 15.0 Å². The topological polar surface area (TPSA) is 80.3 Å². The number of alkyl carbamates (subject to hydrolysis) is 1. The van der Waals surface area contributed by atoms with Crippen LogP contribution in [0.4, 0.5) is 4.79 Å². The maximum absolute atomic E-state index is 12.0. The number of carbonyl (C=O) groups excluding carboxylic acids is 1. The van der Waals surface area contributed by atoms with Crippen LogP contribution >= 0.6 is 11.6 Å². The van der Waals surface area contributed by atoms with Gasteiger partial charge in [0.2, 0.25) is 0 Å². The lowest BCUT2D eigenvalue weighted by atomic mass is 10.2. The number of nitrogens with zero attached hydrogens (tertiary/aromatic N) is 1. The van der Waals surface area contributed by atoms with Crippen molar-refractivity contribution in [3.63, 3.8) is 0 Å². The summed E-state index contributed by atoms with van der Waals surface area (Å²) in [5.74, 6) is 0. The molecule has 1 rings (SSSR count). The minimum absolute atomic E-state index is 0.306. The average molecular weight is 334 g/mol. The number of pyridine rings is 1. The highest BCUT2D eigenvalue weighted by Crippen LogP contribution is 2.14. The number of ether oxygens (including phenoxy) is 1. The zero-order valence-corrected chi connectivity index (χ0v) is 14.1. The van der Waals surface area contributed by atoms with Gasteiger partial charge in [-0.2, -0.15) is 0 Å². The van der Waals surface area contributed by atoms with Gasteiger partial charge in [0.05, 0.1) is 4.90 Å². The lowest BCUT2D eigenvalue weighted by molar-refractivity contribution is 0.0529. The number of carbonyl (C=O) groups is 1. The van der Waals surface area contributed by atoms with Crippen molar-refractivity contribution in [1.29, 1.82) is 0 Å². The highest BCUT2D eigenvalue weighted by molar-refractivity contribution is 7.83. The van der Waals surface area contributed by atoms with Crippen LogP contribution in [0.2, 0.25) is 5.15 Å². The van der Waals surface area contributed by atoms with Crippen molar-refractivity contribution in [3.8, 4) is 0 Å². The largest absolute Gasteiger partial charge is 0.444 e. The van der Waals surface area contributed by atoms with Crippen LogP contribution in [0, 0.1) is 6.92 Å². The molecule has 21 heavy (non-hydrogen) atoms. The number of aryl methyl sites for hydroxylation is 1. The van der Waals surface area contributed by atoms with Crippen LogP contribution in [-0.4, -0.2) is 34.0 Å². The van der Waals surface area contributed by atoms with Crippen molar-refractivity contribution in [1.82, 2.24) is 15.0 Å². The average Bonchev–Trinajstić information content (AvgIpc) is 2.35. The fourth-order valence-electron chi connectivity index (χ4n) is 1.34. The normalized spacial score (nSPS) is 12.8. The lowest BCUT2D eigenvalue weighted by Crippen LogP contribution is -2.36. The highest BCUT2D eigenvalue weighted by atomic mass is 35.5. The van der Waals surface area contributed by atoms with Crippen LogP contribution in [-0.2, 0) is 15.7 Å². The second-order valence-corrected chi connectivity index (χ2v) is 7.03. The van der Waals surface area contributed by atoms with E-state index in [1.165, 1.54) is 6.20 Å². The van der Waals surface area contributed by atoms with E-state index in [4.69, 9.17) is 16.3 Å². The van der Waals surface area contributed by atoms with E-state index >= 15 is 0 Å². The number of rotatable bonds is 5. The first-order valence-corrected chi connectivity index (χ1v) is 7.96. The number of aromatic nitrogens is 1. The van der Waals surface area contributed by atoms with Crippen LogP contribution < -0.4 is 10.0 Å². The summed E-state index contributed by atoms with van der Waals surface area (Å²) in [7, 11) is -1.40. The van der Waals surface area contributed by atoms with Crippen LogP contribution in [0.1, 0.15) is 26.3 Å². The van der Waals surface area contributed by atoms with E-state index < -0.39 is 22.7 Å². The third-order valence-corrected chi connectivity index (χ3v) is 3.74. The summed E-state index contributed by atoms with van der Waals surface area (Å²) >= 11 is 5.81. The fraction of sp³-hybridized carbons (Fsp3) is 0.538. The Labute approximate surface area is 132 Å². The van der Waals surface area contributed by atoms with Gasteiger partial charge in [-0.3, -0.25) is 0 Å². The smallest absolute Gasteiger partial charge is 0.407 e. The zero-order valence-electron chi connectivity index (χ0n) is 12.5. The summed E-state index contributed by atoms with van der Waals surface area (Å²) in [5.41, 5.74) is 0.225. The molecule has 0 aliphatic carbocycles. The predicted molar refractivity (Wildman–Crippen MR) is 82.6 cm³/mol. The third kappa shape index (κ3) is 6.88. The molecule has 0 aromatic carbocycles. The summed E-state index contributed by atoms with van der Waals surface area (Å²) in [4.78, 5) is 15.9. The molecule has 1 amide bonds. The van der Waals surface area contributed by atoms with Gasteiger partial charge in [0.1, 0.15) is 21.7 Å². The Hall–Kier alpha value is -1.18. The van der Waals surface area contributed by atoms with Gasteiger partial charge < -0.3 is 10.1 Å². The van der Waals surface area contributed by atoms with E-state index in [-0.39, 0.29) is 0 Å². The molecule has 2 N–H and O–H groups in total. The van der Waals surface area contributed by atoms with Crippen LogP contribution in [0.15, 0.2) is 17.2 Å². The van der Waals surface area contributed by atoms with Crippen LogP contribution in [0.5, 0.6) is 0 Å². The number of halogens is 1. The molecule has 0 spiro atoms. The maximum Gasteiger partial charge on any atom is 0.407 e. The van der Waals surface area contributed by atoms with Crippen molar-refractivity contribution >= 4 is 28.7 Å². The van der Waals surface area contributed by atoms with Gasteiger partial charge in [-0.15, -0.1) is 0 Å². The first kappa shape index (κ1) is 17.9. The first-order valence-electron chi connectivity index (χ1n) is 6.43. The molecule has 1 atom stereocenters. The maximum atomic E-state index is 12.0. The predicted octanol–water partition coefficient (Wildman–Crippen LogP) is 2.18. The molecule has 1 heterocycles. The Morgan fingerprint density at radius 2 is 2.10 bits per heavy atom. The molecule has 0 aliphatic heterocycles. The van der Waals surface area contributed by atoms with E-state index in [9.17, 15) is 9.00 Å². The summed E-state index contributed by atoms with van der Waals surface area (Å²) in [6, 6.07) is 1.71. The van der Waals surface area contributed by atoms with Gasteiger partial charge in [0, 0.05) is 19.3 Å². The lowest BCUT2D eigenvalue weighted by Gasteiger charge is -2.19. The third-order valence-electron chi connectivity index (χ3n) is 2.23. The Bertz CT molecular complexity index is 532. The molecule has 0 saturated heterocycles. The van der Waals surface area contributed by atoms with Gasteiger partial charge in [-0.25, -0.2) is 18.7 Å². The quantitative estimate of drug-likeness (QED) is 0.639. The minimum atomic E-state index is -1.40. The second-order valence-electron chi connectivity index (χ2n) is 5.37. The molecule has 8 heteroatoms. The number of nitrogens with one attached hydrogen (secondary N) is 2.